The van der Waals surface area contributed by atoms with Crippen LogP contribution in [-0.4, -0.2) is 12.4 Å². The largest absolute Gasteiger partial charge is 0.494 e. The molecule has 0 amide bonds. The summed E-state index contributed by atoms with van der Waals surface area (Å²) in [5.74, 6) is 1.22. The SMILES string of the molecule is CCC(=O)CCCOc1cccc(CC)c1. The molecule has 0 aromatic heterocycles. The van der Waals surface area contributed by atoms with Crippen molar-refractivity contribution in [3.05, 3.63) is 29.8 Å². The van der Waals surface area contributed by atoms with Gasteiger partial charge in [-0.3, -0.25) is 4.79 Å². The van der Waals surface area contributed by atoms with Crippen molar-refractivity contribution in [2.75, 3.05) is 6.61 Å². The van der Waals surface area contributed by atoms with Crippen LogP contribution in [0.3, 0.4) is 0 Å². The molecule has 16 heavy (non-hydrogen) atoms. The fraction of sp³-hybridized carbons (Fsp3) is 0.500. The summed E-state index contributed by atoms with van der Waals surface area (Å²) in [5, 5.41) is 0. The third-order valence-corrected chi connectivity index (χ3v) is 2.57. The molecule has 0 unspecified atom stereocenters. The summed E-state index contributed by atoms with van der Waals surface area (Å²) >= 11 is 0. The van der Waals surface area contributed by atoms with E-state index in [1.165, 1.54) is 5.56 Å². The zero-order valence-electron chi connectivity index (χ0n) is 10.2. The summed E-state index contributed by atoms with van der Waals surface area (Å²) in [4.78, 5) is 11.1. The predicted molar refractivity (Wildman–Crippen MR) is 65.8 cm³/mol. The molecule has 1 aromatic rings. The lowest BCUT2D eigenvalue weighted by atomic mass is 10.1. The number of aryl methyl sites for hydroxylation is 1. The van der Waals surface area contributed by atoms with Gasteiger partial charge in [-0.2, -0.15) is 0 Å². The van der Waals surface area contributed by atoms with Crippen LogP contribution in [0.25, 0.3) is 0 Å². The number of carbonyl (C=O) groups is 1. The monoisotopic (exact) mass is 220 g/mol. The average Bonchev–Trinajstić information content (AvgIpc) is 2.34. The van der Waals surface area contributed by atoms with E-state index in [0.717, 1.165) is 18.6 Å². The van der Waals surface area contributed by atoms with Crippen molar-refractivity contribution >= 4 is 5.78 Å². The van der Waals surface area contributed by atoms with Gasteiger partial charge >= 0.3 is 0 Å². The van der Waals surface area contributed by atoms with E-state index in [2.05, 4.69) is 19.1 Å². The zero-order valence-corrected chi connectivity index (χ0v) is 10.2. The first-order chi connectivity index (χ1) is 7.76. The van der Waals surface area contributed by atoms with Gasteiger partial charge < -0.3 is 4.74 Å². The topological polar surface area (TPSA) is 26.3 Å². The third-order valence-electron chi connectivity index (χ3n) is 2.57. The van der Waals surface area contributed by atoms with Crippen LogP contribution in [0.4, 0.5) is 0 Å². The van der Waals surface area contributed by atoms with Gasteiger partial charge in [-0.05, 0) is 30.5 Å². The second-order valence-corrected chi connectivity index (χ2v) is 3.85. The first-order valence-corrected chi connectivity index (χ1v) is 5.99. The Kier molecular flexibility index (Phi) is 5.62. The van der Waals surface area contributed by atoms with Crippen molar-refractivity contribution in [3.8, 4) is 5.75 Å². The summed E-state index contributed by atoms with van der Waals surface area (Å²) in [6.07, 6.45) is 3.09. The fourth-order valence-corrected chi connectivity index (χ4v) is 1.49. The third kappa shape index (κ3) is 4.47. The minimum atomic E-state index is 0.311. The molecule has 2 nitrogen and oxygen atoms in total. The van der Waals surface area contributed by atoms with E-state index in [9.17, 15) is 4.79 Å². The van der Waals surface area contributed by atoms with Crippen molar-refractivity contribution in [1.29, 1.82) is 0 Å². The molecule has 0 fully saturated rings. The van der Waals surface area contributed by atoms with Crippen molar-refractivity contribution < 1.29 is 9.53 Å². The van der Waals surface area contributed by atoms with E-state index >= 15 is 0 Å². The van der Waals surface area contributed by atoms with Gasteiger partial charge in [0.2, 0.25) is 0 Å². The second kappa shape index (κ2) is 7.04. The Morgan fingerprint density at radius 3 is 2.81 bits per heavy atom. The molecule has 0 radical (unpaired) electrons. The molecule has 1 aromatic carbocycles. The number of Topliss-reactive ketones (excluding diaryl/α,β-unsaturated/α-hetero) is 1. The molecule has 0 saturated carbocycles. The highest BCUT2D eigenvalue weighted by Gasteiger charge is 1.99. The molecule has 0 aliphatic carbocycles. The van der Waals surface area contributed by atoms with Gasteiger partial charge in [0.05, 0.1) is 6.61 Å². The van der Waals surface area contributed by atoms with Crippen LogP contribution in [0.1, 0.15) is 38.7 Å². The van der Waals surface area contributed by atoms with Gasteiger partial charge in [-0.15, -0.1) is 0 Å². The Balaban J connectivity index is 2.28. The van der Waals surface area contributed by atoms with Crippen molar-refractivity contribution in [3.63, 3.8) is 0 Å². The Hall–Kier alpha value is -1.31. The molecule has 0 aliphatic rings. The summed E-state index contributed by atoms with van der Waals surface area (Å²) in [5.41, 5.74) is 1.28. The number of rotatable bonds is 7. The normalized spacial score (nSPS) is 10.1. The molecule has 0 atom stereocenters. The number of benzene rings is 1. The first kappa shape index (κ1) is 12.8. The molecule has 2 heteroatoms. The lowest BCUT2D eigenvalue weighted by molar-refractivity contribution is -0.118. The lowest BCUT2D eigenvalue weighted by Crippen LogP contribution is -2.02. The minimum Gasteiger partial charge on any atom is -0.494 e. The number of hydrogen-bond acceptors (Lipinski definition) is 2. The second-order valence-electron chi connectivity index (χ2n) is 3.85. The summed E-state index contributed by atoms with van der Waals surface area (Å²) in [6.45, 7) is 4.64. The van der Waals surface area contributed by atoms with Gasteiger partial charge in [-0.25, -0.2) is 0 Å². The van der Waals surface area contributed by atoms with E-state index in [1.54, 1.807) is 0 Å². The van der Waals surface area contributed by atoms with Crippen LogP contribution < -0.4 is 4.74 Å². The predicted octanol–water partition coefficient (Wildman–Crippen LogP) is 3.39. The standard InChI is InChI=1S/C14H20O2/c1-3-12-7-5-9-14(11-12)16-10-6-8-13(15)4-2/h5,7,9,11H,3-4,6,8,10H2,1-2H3. The van der Waals surface area contributed by atoms with Crippen LogP contribution in [0.15, 0.2) is 24.3 Å². The first-order valence-electron chi connectivity index (χ1n) is 5.99. The van der Waals surface area contributed by atoms with Gasteiger partial charge in [-0.1, -0.05) is 26.0 Å². The number of hydrogen-bond donors (Lipinski definition) is 0. The van der Waals surface area contributed by atoms with Gasteiger partial charge in [0.25, 0.3) is 0 Å². The Labute approximate surface area is 97.6 Å². The summed E-state index contributed by atoms with van der Waals surface area (Å²) in [7, 11) is 0. The summed E-state index contributed by atoms with van der Waals surface area (Å²) < 4.78 is 5.59. The number of ether oxygens (including phenoxy) is 1. The fourth-order valence-electron chi connectivity index (χ4n) is 1.49. The average molecular weight is 220 g/mol. The van der Waals surface area contributed by atoms with E-state index in [4.69, 9.17) is 4.74 Å². The highest BCUT2D eigenvalue weighted by Crippen LogP contribution is 2.14. The molecule has 1 rings (SSSR count). The van der Waals surface area contributed by atoms with E-state index in [1.807, 2.05) is 19.1 Å². The Morgan fingerprint density at radius 2 is 2.12 bits per heavy atom. The molecule has 0 bridgehead atoms. The van der Waals surface area contributed by atoms with Crippen molar-refractivity contribution in [1.82, 2.24) is 0 Å². The maximum Gasteiger partial charge on any atom is 0.132 e. The summed E-state index contributed by atoms with van der Waals surface area (Å²) in [6, 6.07) is 8.11. The van der Waals surface area contributed by atoms with E-state index < -0.39 is 0 Å². The molecule has 0 heterocycles. The number of carbonyl (C=O) groups excluding carboxylic acids is 1. The molecule has 0 saturated heterocycles. The molecule has 88 valence electrons. The lowest BCUT2D eigenvalue weighted by Gasteiger charge is -2.06. The molecule has 0 spiro atoms. The Morgan fingerprint density at radius 1 is 1.31 bits per heavy atom. The highest BCUT2D eigenvalue weighted by atomic mass is 16.5. The smallest absolute Gasteiger partial charge is 0.132 e. The maximum atomic E-state index is 11.1. The van der Waals surface area contributed by atoms with Gasteiger partial charge in [0.15, 0.2) is 0 Å². The van der Waals surface area contributed by atoms with Gasteiger partial charge in [0, 0.05) is 12.8 Å². The van der Waals surface area contributed by atoms with Crippen LogP contribution in [-0.2, 0) is 11.2 Å². The number of ketones is 1. The quantitative estimate of drug-likeness (QED) is 0.658. The minimum absolute atomic E-state index is 0.311. The van der Waals surface area contributed by atoms with Crippen molar-refractivity contribution in [2.45, 2.75) is 39.5 Å². The molecule has 0 N–H and O–H groups in total. The van der Waals surface area contributed by atoms with E-state index in [-0.39, 0.29) is 0 Å². The molecular formula is C14H20O2. The maximum absolute atomic E-state index is 11.1. The van der Waals surface area contributed by atoms with Crippen LogP contribution >= 0.6 is 0 Å². The van der Waals surface area contributed by atoms with Crippen LogP contribution in [0.5, 0.6) is 5.75 Å². The highest BCUT2D eigenvalue weighted by molar-refractivity contribution is 5.77. The zero-order chi connectivity index (χ0) is 11.8. The van der Waals surface area contributed by atoms with Crippen LogP contribution in [0.2, 0.25) is 0 Å². The van der Waals surface area contributed by atoms with Crippen LogP contribution in [0, 0.1) is 0 Å². The van der Waals surface area contributed by atoms with Crippen molar-refractivity contribution in [2.24, 2.45) is 0 Å². The van der Waals surface area contributed by atoms with E-state index in [0.29, 0.717) is 25.2 Å². The van der Waals surface area contributed by atoms with Gasteiger partial charge in [0.1, 0.15) is 11.5 Å². The Bertz CT molecular complexity index is 331. The molecular weight excluding hydrogens is 200 g/mol. The molecule has 0 aliphatic heterocycles.